The minimum Gasteiger partial charge on any atom is -0.378 e. The highest BCUT2D eigenvalue weighted by Crippen LogP contribution is 2.24. The van der Waals surface area contributed by atoms with E-state index in [1.807, 2.05) is 63.0 Å². The van der Waals surface area contributed by atoms with Gasteiger partial charge in [0.2, 0.25) is 5.91 Å². The van der Waals surface area contributed by atoms with E-state index in [1.54, 1.807) is 0 Å². The van der Waals surface area contributed by atoms with E-state index in [1.165, 1.54) is 5.56 Å². The van der Waals surface area contributed by atoms with Crippen LogP contribution in [0, 0.1) is 0 Å². The van der Waals surface area contributed by atoms with Crippen LogP contribution in [0.4, 0.5) is 10.5 Å². The van der Waals surface area contributed by atoms with Crippen molar-refractivity contribution in [2.45, 2.75) is 31.8 Å². The fourth-order valence-corrected chi connectivity index (χ4v) is 4.87. The van der Waals surface area contributed by atoms with Gasteiger partial charge in [-0.05, 0) is 49.1 Å². The van der Waals surface area contributed by atoms with Crippen LogP contribution in [0.5, 0.6) is 0 Å². The lowest BCUT2D eigenvalue weighted by molar-refractivity contribution is -0.135. The number of morpholine rings is 1. The Morgan fingerprint density at radius 1 is 1.00 bits per heavy atom. The minimum atomic E-state index is -0.0466. The Morgan fingerprint density at radius 3 is 2.64 bits per heavy atom. The summed E-state index contributed by atoms with van der Waals surface area (Å²) >= 11 is 0. The van der Waals surface area contributed by atoms with Crippen LogP contribution in [0.2, 0.25) is 0 Å². The molecule has 2 aliphatic rings. The smallest absolute Gasteiger partial charge is 0.322 e. The number of nitrogens with one attached hydrogen (secondary N) is 1. The van der Waals surface area contributed by atoms with Crippen LogP contribution in [0.15, 0.2) is 60.8 Å². The lowest BCUT2D eigenvalue weighted by Crippen LogP contribution is -2.42. The van der Waals surface area contributed by atoms with Crippen molar-refractivity contribution in [3.8, 4) is 0 Å². The molecular weight excluding hydrogens is 416 g/mol. The first-order valence-electron chi connectivity index (χ1n) is 11.7. The molecule has 0 unspecified atom stereocenters. The number of urea groups is 1. The minimum absolute atomic E-state index is 0.0466. The van der Waals surface area contributed by atoms with E-state index in [0.29, 0.717) is 32.8 Å². The first kappa shape index (κ1) is 21.5. The van der Waals surface area contributed by atoms with Gasteiger partial charge in [-0.25, -0.2) is 4.79 Å². The molecule has 0 saturated carbocycles. The lowest BCUT2D eigenvalue weighted by Gasteiger charge is -2.27. The summed E-state index contributed by atoms with van der Waals surface area (Å²) in [6, 6.07) is 18.4. The number of aromatic nitrogens is 1. The van der Waals surface area contributed by atoms with Crippen molar-refractivity contribution in [3.63, 3.8) is 0 Å². The van der Waals surface area contributed by atoms with Crippen LogP contribution < -0.4 is 5.32 Å². The molecule has 1 N–H and O–H groups in total. The van der Waals surface area contributed by atoms with E-state index in [2.05, 4.69) is 17.4 Å². The Bertz CT molecular complexity index is 1120. The molecule has 2 saturated heterocycles. The highest BCUT2D eigenvalue weighted by molar-refractivity contribution is 5.93. The normalized spacial score (nSPS) is 18.6. The molecule has 3 heterocycles. The Balaban J connectivity index is 1.24. The van der Waals surface area contributed by atoms with E-state index in [9.17, 15) is 9.59 Å². The standard InChI is InChI=1S/C26H30N4O3/c31-25(28-13-15-33-16-14-28)19-29-12-10-21-18-22(8-9-24(21)29)27-26(32)30-11-4-7-23(30)17-20-5-2-1-3-6-20/h1-3,5-6,8-10,12,18,23H,4,7,11,13-17,19H2,(H,27,32)/t23-/m1/s1. The molecular formula is C26H30N4O3. The molecule has 5 rings (SSSR count). The van der Waals surface area contributed by atoms with Gasteiger partial charge in [0.15, 0.2) is 0 Å². The van der Waals surface area contributed by atoms with E-state index in [4.69, 9.17) is 4.74 Å². The van der Waals surface area contributed by atoms with Crippen molar-refractivity contribution in [3.05, 3.63) is 66.4 Å². The lowest BCUT2D eigenvalue weighted by atomic mass is 10.0. The number of nitrogens with zero attached hydrogens (tertiary/aromatic N) is 3. The van der Waals surface area contributed by atoms with Gasteiger partial charge in [-0.3, -0.25) is 4.79 Å². The van der Waals surface area contributed by atoms with Crippen molar-refractivity contribution in [1.29, 1.82) is 0 Å². The summed E-state index contributed by atoms with van der Waals surface area (Å²) in [7, 11) is 0. The van der Waals surface area contributed by atoms with Gasteiger partial charge in [-0.1, -0.05) is 30.3 Å². The first-order chi connectivity index (χ1) is 16.2. The maximum Gasteiger partial charge on any atom is 0.322 e. The molecule has 2 aromatic carbocycles. The van der Waals surface area contributed by atoms with Crippen molar-refractivity contribution < 1.29 is 14.3 Å². The third-order valence-corrected chi connectivity index (χ3v) is 6.64. The Morgan fingerprint density at radius 2 is 1.82 bits per heavy atom. The summed E-state index contributed by atoms with van der Waals surface area (Å²) in [6.45, 7) is 3.59. The number of rotatable bonds is 5. The van der Waals surface area contributed by atoms with Gasteiger partial charge in [0.25, 0.3) is 0 Å². The fraction of sp³-hybridized carbons (Fsp3) is 0.385. The van der Waals surface area contributed by atoms with Crippen LogP contribution in [0.3, 0.4) is 0 Å². The molecule has 3 aromatic rings. The number of carbonyl (C=O) groups is 2. The highest BCUT2D eigenvalue weighted by Gasteiger charge is 2.29. The molecule has 0 aliphatic carbocycles. The Hall–Kier alpha value is -3.32. The van der Waals surface area contributed by atoms with Crippen molar-refractivity contribution in [2.75, 3.05) is 38.2 Å². The van der Waals surface area contributed by atoms with Gasteiger partial charge in [-0.2, -0.15) is 0 Å². The van der Waals surface area contributed by atoms with Gasteiger partial charge in [0.1, 0.15) is 6.54 Å². The third-order valence-electron chi connectivity index (χ3n) is 6.64. The number of ether oxygens (including phenoxy) is 1. The molecule has 0 spiro atoms. The average molecular weight is 447 g/mol. The quantitative estimate of drug-likeness (QED) is 0.649. The van der Waals surface area contributed by atoms with Crippen molar-refractivity contribution >= 4 is 28.5 Å². The van der Waals surface area contributed by atoms with E-state index in [0.717, 1.165) is 42.4 Å². The molecule has 172 valence electrons. The molecule has 2 aliphatic heterocycles. The monoisotopic (exact) mass is 446 g/mol. The van der Waals surface area contributed by atoms with Gasteiger partial charge in [-0.15, -0.1) is 0 Å². The van der Waals surface area contributed by atoms with Gasteiger partial charge >= 0.3 is 6.03 Å². The van der Waals surface area contributed by atoms with Crippen molar-refractivity contribution in [2.24, 2.45) is 0 Å². The molecule has 1 atom stereocenters. The predicted octanol–water partition coefficient (Wildman–Crippen LogP) is 3.74. The van der Waals surface area contributed by atoms with E-state index in [-0.39, 0.29) is 18.0 Å². The van der Waals surface area contributed by atoms with Crippen LogP contribution in [0.1, 0.15) is 18.4 Å². The summed E-state index contributed by atoms with van der Waals surface area (Å²) in [6.07, 6.45) is 4.88. The molecule has 0 bridgehead atoms. The van der Waals surface area contributed by atoms with E-state index >= 15 is 0 Å². The molecule has 2 fully saturated rings. The maximum atomic E-state index is 13.0. The zero-order valence-electron chi connectivity index (χ0n) is 18.8. The average Bonchev–Trinajstić information content (AvgIpc) is 3.47. The maximum absolute atomic E-state index is 13.0. The fourth-order valence-electron chi connectivity index (χ4n) is 4.87. The zero-order valence-corrected chi connectivity index (χ0v) is 18.8. The molecule has 7 heteroatoms. The number of hydrogen-bond donors (Lipinski definition) is 1. The van der Waals surface area contributed by atoms with Crippen LogP contribution in [0.25, 0.3) is 10.9 Å². The van der Waals surface area contributed by atoms with Crippen LogP contribution in [-0.4, -0.2) is 65.2 Å². The second kappa shape index (κ2) is 9.67. The number of hydrogen-bond acceptors (Lipinski definition) is 3. The number of benzene rings is 2. The summed E-state index contributed by atoms with van der Waals surface area (Å²) in [5.74, 6) is 0.103. The molecule has 1 aromatic heterocycles. The number of likely N-dealkylation sites (tertiary alicyclic amines) is 1. The van der Waals surface area contributed by atoms with Crippen LogP contribution >= 0.6 is 0 Å². The SMILES string of the molecule is O=C(Cn1ccc2cc(NC(=O)N3CCC[C@@H]3Cc3ccccc3)ccc21)N1CCOCC1. The molecule has 0 radical (unpaired) electrons. The summed E-state index contributed by atoms with van der Waals surface area (Å²) in [5, 5.41) is 4.09. The highest BCUT2D eigenvalue weighted by atomic mass is 16.5. The Labute approximate surface area is 193 Å². The summed E-state index contributed by atoms with van der Waals surface area (Å²) in [4.78, 5) is 29.5. The van der Waals surface area contributed by atoms with Crippen molar-refractivity contribution in [1.82, 2.24) is 14.4 Å². The number of amides is 3. The van der Waals surface area contributed by atoms with Gasteiger partial charge in [0.05, 0.1) is 13.2 Å². The van der Waals surface area contributed by atoms with Crippen LogP contribution in [-0.2, 0) is 22.5 Å². The third kappa shape index (κ3) is 4.88. The molecule has 33 heavy (non-hydrogen) atoms. The number of carbonyl (C=O) groups excluding carboxylic acids is 2. The topological polar surface area (TPSA) is 66.8 Å². The number of fused-ring (bicyclic) bond motifs is 1. The molecule has 7 nitrogen and oxygen atoms in total. The largest absolute Gasteiger partial charge is 0.378 e. The van der Waals surface area contributed by atoms with Gasteiger partial charge in [0, 0.05) is 48.5 Å². The Kier molecular flexibility index (Phi) is 6.30. The zero-order chi connectivity index (χ0) is 22.6. The van der Waals surface area contributed by atoms with E-state index < -0.39 is 0 Å². The first-order valence-corrected chi connectivity index (χ1v) is 11.7. The number of anilines is 1. The van der Waals surface area contributed by atoms with Gasteiger partial charge < -0.3 is 24.4 Å². The predicted molar refractivity (Wildman–Crippen MR) is 128 cm³/mol. The second-order valence-electron chi connectivity index (χ2n) is 8.82. The summed E-state index contributed by atoms with van der Waals surface area (Å²) < 4.78 is 7.30. The second-order valence-corrected chi connectivity index (χ2v) is 8.82. The summed E-state index contributed by atoms with van der Waals surface area (Å²) in [5.41, 5.74) is 3.02. The molecule has 3 amide bonds.